The Bertz CT molecular complexity index is 180. The molecule has 0 aromatic rings. The summed E-state index contributed by atoms with van der Waals surface area (Å²) in [5.41, 5.74) is 0. The third-order valence-corrected chi connectivity index (χ3v) is 3.66. The van der Waals surface area contributed by atoms with Crippen molar-refractivity contribution in [2.45, 2.75) is 40.7 Å². The molecule has 1 N–H and O–H groups in total. The Morgan fingerprint density at radius 3 is 1.93 bits per heavy atom. The van der Waals surface area contributed by atoms with Crippen LogP contribution in [0.1, 0.15) is 34.6 Å². The Hall–Kier alpha value is 0.200. The fourth-order valence-corrected chi connectivity index (χ4v) is 2.24. The van der Waals surface area contributed by atoms with Gasteiger partial charge in [-0.1, -0.05) is 57.2 Å². The summed E-state index contributed by atoms with van der Waals surface area (Å²) >= 11 is 2.32. The van der Waals surface area contributed by atoms with E-state index < -0.39 is 0 Å². The number of carbonyl (C=O) groups is 1. The molecule has 0 aliphatic heterocycles. The van der Waals surface area contributed by atoms with Gasteiger partial charge in [0, 0.05) is 16.4 Å². The van der Waals surface area contributed by atoms with Crippen LogP contribution in [0, 0.1) is 17.8 Å². The quantitative estimate of drug-likeness (QED) is 0.614. The van der Waals surface area contributed by atoms with E-state index >= 15 is 0 Å². The minimum atomic E-state index is 0.110. The van der Waals surface area contributed by atoms with Crippen molar-refractivity contribution in [2.75, 3.05) is 4.43 Å². The van der Waals surface area contributed by atoms with Gasteiger partial charge in [0.1, 0.15) is 0 Å². The molecule has 0 spiro atoms. The zero-order chi connectivity index (χ0) is 11.3. The summed E-state index contributed by atoms with van der Waals surface area (Å²) in [5, 5.41) is 3.10. The van der Waals surface area contributed by atoms with Crippen molar-refractivity contribution < 1.29 is 4.79 Å². The Labute approximate surface area is 101 Å². The Morgan fingerprint density at radius 2 is 1.64 bits per heavy atom. The molecule has 2 atom stereocenters. The van der Waals surface area contributed by atoms with E-state index in [4.69, 9.17) is 0 Å². The number of nitrogens with one attached hydrogen (secondary N) is 1. The number of hydrogen-bond acceptors (Lipinski definition) is 1. The number of halogens is 1. The lowest BCUT2D eigenvalue weighted by Crippen LogP contribution is -2.43. The number of amides is 1. The van der Waals surface area contributed by atoms with E-state index in [0.717, 1.165) is 4.43 Å². The van der Waals surface area contributed by atoms with Gasteiger partial charge in [0.05, 0.1) is 0 Å². The molecular weight excluding hydrogens is 289 g/mol. The van der Waals surface area contributed by atoms with Crippen molar-refractivity contribution in [2.24, 2.45) is 17.8 Å². The largest absolute Gasteiger partial charge is 0.352 e. The molecule has 1 amide bonds. The maximum atomic E-state index is 11.7. The summed E-state index contributed by atoms with van der Waals surface area (Å²) < 4.78 is 0.978. The molecule has 0 radical (unpaired) electrons. The summed E-state index contributed by atoms with van der Waals surface area (Å²) in [6, 6.07) is 0.310. The number of carbonyl (C=O) groups excluding carboxylic acids is 1. The van der Waals surface area contributed by atoms with Crippen molar-refractivity contribution in [3.63, 3.8) is 0 Å². The van der Waals surface area contributed by atoms with Gasteiger partial charge in [0.15, 0.2) is 0 Å². The van der Waals surface area contributed by atoms with Crippen LogP contribution in [0.25, 0.3) is 0 Å². The lowest BCUT2D eigenvalue weighted by molar-refractivity contribution is -0.126. The molecule has 0 heterocycles. The van der Waals surface area contributed by atoms with E-state index in [1.54, 1.807) is 0 Å². The summed E-state index contributed by atoms with van der Waals surface area (Å²) in [7, 11) is 0. The Kier molecular flexibility index (Phi) is 6.74. The van der Waals surface area contributed by atoms with Crippen molar-refractivity contribution >= 4 is 28.5 Å². The number of hydrogen-bond donors (Lipinski definition) is 1. The topological polar surface area (TPSA) is 29.1 Å². The predicted molar refractivity (Wildman–Crippen MR) is 69.7 cm³/mol. The van der Waals surface area contributed by atoms with Gasteiger partial charge in [-0.3, -0.25) is 4.79 Å². The molecule has 2 unspecified atom stereocenters. The highest BCUT2D eigenvalue weighted by atomic mass is 127. The maximum Gasteiger partial charge on any atom is 0.223 e. The van der Waals surface area contributed by atoms with Crippen LogP contribution < -0.4 is 5.32 Å². The molecule has 3 heteroatoms. The van der Waals surface area contributed by atoms with Gasteiger partial charge in [0.2, 0.25) is 5.91 Å². The number of rotatable bonds is 5. The standard InChI is InChI=1S/C11H22INO/c1-7(2)9(5)11(14)13-10(6-12)8(3)4/h7-10H,6H2,1-5H3,(H,13,14). The van der Waals surface area contributed by atoms with Gasteiger partial charge in [0.25, 0.3) is 0 Å². The van der Waals surface area contributed by atoms with Crippen LogP contribution in [0.2, 0.25) is 0 Å². The highest BCUT2D eigenvalue weighted by Gasteiger charge is 2.20. The summed E-state index contributed by atoms with van der Waals surface area (Å²) in [6.07, 6.45) is 0. The summed E-state index contributed by atoms with van der Waals surface area (Å²) in [6.45, 7) is 10.4. The summed E-state index contributed by atoms with van der Waals surface area (Å²) in [4.78, 5) is 11.7. The Balaban J connectivity index is 4.15. The van der Waals surface area contributed by atoms with Crippen LogP contribution in [-0.4, -0.2) is 16.4 Å². The molecule has 0 aliphatic carbocycles. The second-order valence-corrected chi connectivity index (χ2v) is 5.43. The first-order valence-corrected chi connectivity index (χ1v) is 6.79. The van der Waals surface area contributed by atoms with Crippen molar-refractivity contribution in [3.8, 4) is 0 Å². The zero-order valence-electron chi connectivity index (χ0n) is 9.80. The average molecular weight is 311 g/mol. The van der Waals surface area contributed by atoms with Crippen LogP contribution in [0.3, 0.4) is 0 Å². The second-order valence-electron chi connectivity index (χ2n) is 4.55. The van der Waals surface area contributed by atoms with E-state index in [9.17, 15) is 4.79 Å². The molecule has 0 saturated heterocycles. The van der Waals surface area contributed by atoms with Crippen molar-refractivity contribution in [1.29, 1.82) is 0 Å². The van der Waals surface area contributed by atoms with Crippen molar-refractivity contribution in [3.05, 3.63) is 0 Å². The van der Waals surface area contributed by atoms with Gasteiger partial charge < -0.3 is 5.32 Å². The molecule has 0 aromatic heterocycles. The molecule has 0 fully saturated rings. The molecule has 0 saturated carbocycles. The first-order chi connectivity index (χ1) is 6.40. The maximum absolute atomic E-state index is 11.7. The van der Waals surface area contributed by atoms with Gasteiger partial charge in [-0.25, -0.2) is 0 Å². The third kappa shape index (κ3) is 4.62. The first kappa shape index (κ1) is 14.2. The minimum absolute atomic E-state index is 0.110. The molecule has 0 aromatic carbocycles. The molecule has 0 rings (SSSR count). The van der Waals surface area contributed by atoms with E-state index in [0.29, 0.717) is 17.9 Å². The monoisotopic (exact) mass is 311 g/mol. The smallest absolute Gasteiger partial charge is 0.223 e. The van der Waals surface area contributed by atoms with Gasteiger partial charge in [-0.15, -0.1) is 0 Å². The molecule has 2 nitrogen and oxygen atoms in total. The highest BCUT2D eigenvalue weighted by molar-refractivity contribution is 14.1. The van der Waals surface area contributed by atoms with E-state index in [1.165, 1.54) is 0 Å². The Morgan fingerprint density at radius 1 is 1.14 bits per heavy atom. The van der Waals surface area contributed by atoms with E-state index in [-0.39, 0.29) is 11.8 Å². The molecule has 84 valence electrons. The van der Waals surface area contributed by atoms with Gasteiger partial charge >= 0.3 is 0 Å². The van der Waals surface area contributed by atoms with Crippen LogP contribution in [0.4, 0.5) is 0 Å². The van der Waals surface area contributed by atoms with Crippen LogP contribution in [0.15, 0.2) is 0 Å². The normalized spacial score (nSPS) is 15.7. The van der Waals surface area contributed by atoms with Crippen LogP contribution in [-0.2, 0) is 4.79 Å². The molecule has 14 heavy (non-hydrogen) atoms. The fourth-order valence-electron chi connectivity index (χ4n) is 1.00. The lowest BCUT2D eigenvalue weighted by Gasteiger charge is -2.23. The highest BCUT2D eigenvalue weighted by Crippen LogP contribution is 2.12. The van der Waals surface area contributed by atoms with Gasteiger partial charge in [-0.05, 0) is 11.8 Å². The second kappa shape index (κ2) is 6.64. The first-order valence-electron chi connectivity index (χ1n) is 5.26. The third-order valence-electron chi connectivity index (χ3n) is 2.71. The molecule has 0 aliphatic rings. The fraction of sp³-hybridized carbons (Fsp3) is 0.909. The predicted octanol–water partition coefficient (Wildman–Crippen LogP) is 2.85. The van der Waals surface area contributed by atoms with Gasteiger partial charge in [-0.2, -0.15) is 0 Å². The molecular formula is C11H22INO. The van der Waals surface area contributed by atoms with E-state index in [1.807, 2.05) is 6.92 Å². The van der Waals surface area contributed by atoms with E-state index in [2.05, 4.69) is 55.6 Å². The van der Waals surface area contributed by atoms with Crippen LogP contribution >= 0.6 is 22.6 Å². The minimum Gasteiger partial charge on any atom is -0.352 e. The average Bonchev–Trinajstić information content (AvgIpc) is 2.11. The lowest BCUT2D eigenvalue weighted by atomic mass is 9.96. The van der Waals surface area contributed by atoms with Crippen molar-refractivity contribution in [1.82, 2.24) is 5.32 Å². The zero-order valence-corrected chi connectivity index (χ0v) is 12.0. The number of alkyl halides is 1. The summed E-state index contributed by atoms with van der Waals surface area (Å²) in [5.74, 6) is 1.22. The molecule has 0 bridgehead atoms. The SMILES string of the molecule is CC(C)C(CI)NC(=O)C(C)C(C)C. The van der Waals surface area contributed by atoms with Crippen LogP contribution in [0.5, 0.6) is 0 Å².